The van der Waals surface area contributed by atoms with E-state index in [1.165, 1.54) is 7.11 Å². The van der Waals surface area contributed by atoms with E-state index in [2.05, 4.69) is 0 Å². The summed E-state index contributed by atoms with van der Waals surface area (Å²) in [5, 5.41) is 0. The van der Waals surface area contributed by atoms with Gasteiger partial charge in [-0.25, -0.2) is 4.79 Å². The SMILES string of the molecule is COCOC(C)CC(=O)c1ccccc1OCOC(C)COC(=O)c1ccccc1. The molecule has 0 amide bonds. The lowest BCUT2D eigenvalue weighted by Crippen LogP contribution is -2.21. The Kier molecular flexibility index (Phi) is 10.00. The molecular weight excluding hydrogens is 388 g/mol. The number of hydrogen-bond donors (Lipinski definition) is 0. The second kappa shape index (κ2) is 12.7. The summed E-state index contributed by atoms with van der Waals surface area (Å²) in [6.45, 7) is 3.72. The van der Waals surface area contributed by atoms with E-state index >= 15 is 0 Å². The summed E-state index contributed by atoms with van der Waals surface area (Å²) >= 11 is 0. The van der Waals surface area contributed by atoms with Gasteiger partial charge in [-0.3, -0.25) is 4.79 Å². The zero-order chi connectivity index (χ0) is 21.8. The van der Waals surface area contributed by atoms with Gasteiger partial charge in [-0.05, 0) is 38.1 Å². The zero-order valence-corrected chi connectivity index (χ0v) is 17.5. The first-order valence-corrected chi connectivity index (χ1v) is 9.70. The van der Waals surface area contributed by atoms with Crippen molar-refractivity contribution in [3.63, 3.8) is 0 Å². The lowest BCUT2D eigenvalue weighted by atomic mass is 10.0. The molecule has 0 spiro atoms. The maximum absolute atomic E-state index is 12.5. The lowest BCUT2D eigenvalue weighted by Gasteiger charge is -2.16. The molecule has 7 nitrogen and oxygen atoms in total. The van der Waals surface area contributed by atoms with E-state index in [1.54, 1.807) is 55.5 Å². The average molecular weight is 416 g/mol. The van der Waals surface area contributed by atoms with Crippen molar-refractivity contribution < 1.29 is 33.3 Å². The fourth-order valence-corrected chi connectivity index (χ4v) is 2.55. The van der Waals surface area contributed by atoms with Gasteiger partial charge in [0, 0.05) is 13.5 Å². The molecule has 0 radical (unpaired) electrons. The number of Topliss-reactive ketones (excluding diaryl/α,β-unsaturated/α-hetero) is 1. The number of ketones is 1. The van der Waals surface area contributed by atoms with Crippen LogP contribution in [0.5, 0.6) is 5.75 Å². The molecule has 0 aliphatic rings. The second-order valence-electron chi connectivity index (χ2n) is 6.71. The van der Waals surface area contributed by atoms with Crippen LogP contribution in [0.2, 0.25) is 0 Å². The van der Waals surface area contributed by atoms with E-state index in [-0.39, 0.29) is 44.6 Å². The molecule has 0 aliphatic carbocycles. The molecule has 0 N–H and O–H groups in total. The molecule has 162 valence electrons. The van der Waals surface area contributed by atoms with Crippen molar-refractivity contribution in [2.45, 2.75) is 32.5 Å². The van der Waals surface area contributed by atoms with Crippen LogP contribution in [0.15, 0.2) is 54.6 Å². The Hall–Kier alpha value is -2.74. The van der Waals surface area contributed by atoms with Gasteiger partial charge in [0.25, 0.3) is 0 Å². The summed E-state index contributed by atoms with van der Waals surface area (Å²) in [7, 11) is 1.53. The largest absolute Gasteiger partial charge is 0.467 e. The van der Waals surface area contributed by atoms with Crippen molar-refractivity contribution in [1.82, 2.24) is 0 Å². The monoisotopic (exact) mass is 416 g/mol. The fraction of sp³-hybridized carbons (Fsp3) is 0.391. The van der Waals surface area contributed by atoms with Crippen LogP contribution in [0.4, 0.5) is 0 Å². The normalized spacial score (nSPS) is 12.8. The molecule has 0 saturated heterocycles. The third kappa shape index (κ3) is 7.94. The minimum absolute atomic E-state index is 0.0793. The molecule has 2 aromatic rings. The Labute approximate surface area is 176 Å². The first-order valence-electron chi connectivity index (χ1n) is 9.70. The van der Waals surface area contributed by atoms with Gasteiger partial charge in [0.2, 0.25) is 0 Å². The Balaban J connectivity index is 1.79. The molecule has 2 rings (SSSR count). The molecule has 0 aromatic heterocycles. The Bertz CT molecular complexity index is 791. The van der Waals surface area contributed by atoms with Crippen LogP contribution in [-0.4, -0.2) is 51.3 Å². The van der Waals surface area contributed by atoms with E-state index in [0.29, 0.717) is 16.9 Å². The molecule has 2 atom stereocenters. The van der Waals surface area contributed by atoms with E-state index in [0.717, 1.165) is 0 Å². The number of rotatable bonds is 13. The smallest absolute Gasteiger partial charge is 0.338 e. The third-order valence-corrected chi connectivity index (χ3v) is 4.16. The highest BCUT2D eigenvalue weighted by molar-refractivity contribution is 5.98. The molecule has 0 saturated carbocycles. The highest BCUT2D eigenvalue weighted by atomic mass is 16.7. The predicted molar refractivity (Wildman–Crippen MR) is 111 cm³/mol. The van der Waals surface area contributed by atoms with Gasteiger partial charge in [-0.15, -0.1) is 0 Å². The highest BCUT2D eigenvalue weighted by Crippen LogP contribution is 2.21. The van der Waals surface area contributed by atoms with Gasteiger partial charge in [0.1, 0.15) is 19.1 Å². The van der Waals surface area contributed by atoms with Gasteiger partial charge >= 0.3 is 5.97 Å². The van der Waals surface area contributed by atoms with Crippen LogP contribution in [-0.2, 0) is 18.9 Å². The van der Waals surface area contributed by atoms with Gasteiger partial charge in [-0.2, -0.15) is 0 Å². The van der Waals surface area contributed by atoms with E-state index in [9.17, 15) is 9.59 Å². The van der Waals surface area contributed by atoms with Gasteiger partial charge < -0.3 is 23.7 Å². The first-order chi connectivity index (χ1) is 14.5. The number of esters is 1. The highest BCUT2D eigenvalue weighted by Gasteiger charge is 2.16. The number of carbonyl (C=O) groups is 2. The standard InChI is InChI=1S/C23H28O7/c1-17(28-15-26-3)13-21(24)20-11-7-8-12-22(20)30-16-29-18(2)14-27-23(25)19-9-5-4-6-10-19/h4-12,17-18H,13-16H2,1-3H3. The second-order valence-corrected chi connectivity index (χ2v) is 6.71. The lowest BCUT2D eigenvalue weighted by molar-refractivity contribution is -0.0646. The van der Waals surface area contributed by atoms with Crippen molar-refractivity contribution in [2.24, 2.45) is 0 Å². The summed E-state index contributed by atoms with van der Waals surface area (Å²) in [6, 6.07) is 15.7. The van der Waals surface area contributed by atoms with E-state index < -0.39 is 5.97 Å². The van der Waals surface area contributed by atoms with Crippen molar-refractivity contribution in [3.8, 4) is 5.75 Å². The predicted octanol–water partition coefficient (Wildman–Crippen LogP) is 3.87. The van der Waals surface area contributed by atoms with Crippen LogP contribution in [0.25, 0.3) is 0 Å². The van der Waals surface area contributed by atoms with Gasteiger partial charge in [-0.1, -0.05) is 30.3 Å². The fourth-order valence-electron chi connectivity index (χ4n) is 2.55. The van der Waals surface area contributed by atoms with E-state index in [4.69, 9.17) is 23.7 Å². The minimum Gasteiger partial charge on any atom is -0.467 e. The van der Waals surface area contributed by atoms with Gasteiger partial charge in [0.05, 0.1) is 23.3 Å². The molecular formula is C23H28O7. The van der Waals surface area contributed by atoms with Crippen LogP contribution in [0, 0.1) is 0 Å². The number of para-hydroxylation sites is 1. The maximum atomic E-state index is 12.5. The molecule has 30 heavy (non-hydrogen) atoms. The average Bonchev–Trinajstić information content (AvgIpc) is 2.77. The summed E-state index contributed by atoms with van der Waals surface area (Å²) in [5.41, 5.74) is 0.939. The van der Waals surface area contributed by atoms with E-state index in [1.807, 2.05) is 13.0 Å². The third-order valence-electron chi connectivity index (χ3n) is 4.16. The van der Waals surface area contributed by atoms with Crippen molar-refractivity contribution >= 4 is 11.8 Å². The number of carbonyl (C=O) groups excluding carboxylic acids is 2. The van der Waals surface area contributed by atoms with Crippen molar-refractivity contribution in [3.05, 3.63) is 65.7 Å². The number of ether oxygens (including phenoxy) is 5. The topological polar surface area (TPSA) is 80.3 Å². The zero-order valence-electron chi connectivity index (χ0n) is 17.5. The number of hydrogen-bond acceptors (Lipinski definition) is 7. The maximum Gasteiger partial charge on any atom is 0.338 e. The minimum atomic E-state index is -0.410. The summed E-state index contributed by atoms with van der Waals surface area (Å²) in [6.07, 6.45) is -0.444. The molecule has 0 bridgehead atoms. The van der Waals surface area contributed by atoms with Crippen LogP contribution in [0.1, 0.15) is 41.0 Å². The van der Waals surface area contributed by atoms with Crippen LogP contribution in [0.3, 0.4) is 0 Å². The number of methoxy groups -OCH3 is 1. The summed E-state index contributed by atoms with van der Waals surface area (Å²) in [4.78, 5) is 24.5. The van der Waals surface area contributed by atoms with Crippen LogP contribution >= 0.6 is 0 Å². The van der Waals surface area contributed by atoms with Gasteiger partial charge in [0.15, 0.2) is 12.6 Å². The molecule has 0 aliphatic heterocycles. The first kappa shape index (κ1) is 23.5. The molecule has 7 heteroatoms. The molecule has 0 heterocycles. The number of benzene rings is 2. The molecule has 2 unspecified atom stereocenters. The van der Waals surface area contributed by atoms with Crippen molar-refractivity contribution in [1.29, 1.82) is 0 Å². The Morgan fingerprint density at radius 2 is 1.53 bits per heavy atom. The Morgan fingerprint density at radius 3 is 2.27 bits per heavy atom. The van der Waals surface area contributed by atoms with Crippen molar-refractivity contribution in [2.75, 3.05) is 27.3 Å². The molecule has 2 aromatic carbocycles. The quantitative estimate of drug-likeness (QED) is 0.279. The Morgan fingerprint density at radius 1 is 0.867 bits per heavy atom. The summed E-state index contributed by atoms with van der Waals surface area (Å²) in [5.74, 6) is -0.0818. The molecule has 0 fully saturated rings. The van der Waals surface area contributed by atoms with Crippen LogP contribution < -0.4 is 4.74 Å². The summed E-state index contributed by atoms with van der Waals surface area (Å²) < 4.78 is 26.6.